The molecule has 1 rings (SSSR count). The average molecular weight is 276 g/mol. The lowest BCUT2D eigenvalue weighted by Gasteiger charge is -2.25. The van der Waals surface area contributed by atoms with E-state index in [9.17, 15) is 4.79 Å². The van der Waals surface area contributed by atoms with Crippen molar-refractivity contribution in [2.75, 3.05) is 6.54 Å². The second-order valence-corrected chi connectivity index (χ2v) is 6.19. The SMILES string of the molecule is CC(C)C(CNC(=O)[C@@H](N)Cc1ccccc1)C(C)C. The lowest BCUT2D eigenvalue weighted by molar-refractivity contribution is -0.122. The van der Waals surface area contributed by atoms with Gasteiger partial charge in [-0.25, -0.2) is 0 Å². The number of amides is 1. The lowest BCUT2D eigenvalue weighted by atomic mass is 9.85. The smallest absolute Gasteiger partial charge is 0.237 e. The van der Waals surface area contributed by atoms with Gasteiger partial charge in [-0.05, 0) is 29.7 Å². The zero-order valence-electron chi connectivity index (χ0n) is 13.1. The highest BCUT2D eigenvalue weighted by Gasteiger charge is 2.20. The normalized spacial score (nSPS) is 13.0. The number of benzene rings is 1. The summed E-state index contributed by atoms with van der Waals surface area (Å²) in [6.07, 6.45) is 0.584. The summed E-state index contributed by atoms with van der Waals surface area (Å²) in [6.45, 7) is 9.49. The summed E-state index contributed by atoms with van der Waals surface area (Å²) in [5, 5.41) is 3.00. The molecule has 3 nitrogen and oxygen atoms in total. The maximum Gasteiger partial charge on any atom is 0.237 e. The van der Waals surface area contributed by atoms with Crippen molar-refractivity contribution in [2.45, 2.75) is 40.2 Å². The molecule has 3 N–H and O–H groups in total. The zero-order valence-corrected chi connectivity index (χ0v) is 13.1. The second-order valence-electron chi connectivity index (χ2n) is 6.19. The highest BCUT2D eigenvalue weighted by Crippen LogP contribution is 2.19. The van der Waals surface area contributed by atoms with E-state index in [1.165, 1.54) is 0 Å². The number of nitrogens with one attached hydrogen (secondary N) is 1. The molecule has 112 valence electrons. The Morgan fingerprint density at radius 1 is 1.10 bits per heavy atom. The Kier molecular flexibility index (Phi) is 6.73. The van der Waals surface area contributed by atoms with E-state index in [-0.39, 0.29) is 5.91 Å². The largest absolute Gasteiger partial charge is 0.354 e. The van der Waals surface area contributed by atoms with Gasteiger partial charge in [0.25, 0.3) is 0 Å². The van der Waals surface area contributed by atoms with E-state index < -0.39 is 6.04 Å². The third-order valence-corrected chi connectivity index (χ3v) is 3.86. The van der Waals surface area contributed by atoms with Gasteiger partial charge < -0.3 is 11.1 Å². The van der Waals surface area contributed by atoms with E-state index in [2.05, 4.69) is 33.0 Å². The fourth-order valence-corrected chi connectivity index (χ4v) is 2.55. The predicted octanol–water partition coefficient (Wildman–Crippen LogP) is 2.60. The van der Waals surface area contributed by atoms with Crippen LogP contribution in [0.3, 0.4) is 0 Å². The molecule has 1 atom stereocenters. The maximum atomic E-state index is 12.1. The molecular formula is C17H28N2O. The fraction of sp³-hybridized carbons (Fsp3) is 0.588. The Morgan fingerprint density at radius 2 is 1.65 bits per heavy atom. The van der Waals surface area contributed by atoms with Crippen molar-refractivity contribution >= 4 is 5.91 Å². The van der Waals surface area contributed by atoms with Crippen LogP contribution in [-0.2, 0) is 11.2 Å². The summed E-state index contributed by atoms with van der Waals surface area (Å²) in [4.78, 5) is 12.1. The summed E-state index contributed by atoms with van der Waals surface area (Å²) in [5.74, 6) is 1.55. The summed E-state index contributed by atoms with van der Waals surface area (Å²) < 4.78 is 0. The quantitative estimate of drug-likeness (QED) is 0.804. The van der Waals surface area contributed by atoms with Gasteiger partial charge in [0.05, 0.1) is 6.04 Å². The summed E-state index contributed by atoms with van der Waals surface area (Å²) in [7, 11) is 0. The first kappa shape index (κ1) is 16.7. The molecule has 1 amide bonds. The molecule has 0 aromatic heterocycles. The van der Waals surface area contributed by atoms with Crippen molar-refractivity contribution in [1.82, 2.24) is 5.32 Å². The molecule has 0 fully saturated rings. The van der Waals surface area contributed by atoms with Gasteiger partial charge in [-0.2, -0.15) is 0 Å². The number of hydrogen-bond donors (Lipinski definition) is 2. The number of rotatable bonds is 7. The first-order valence-electron chi connectivity index (χ1n) is 7.49. The number of carbonyl (C=O) groups is 1. The van der Waals surface area contributed by atoms with Gasteiger partial charge in [0.2, 0.25) is 5.91 Å². The zero-order chi connectivity index (χ0) is 15.1. The van der Waals surface area contributed by atoms with Crippen molar-refractivity contribution in [1.29, 1.82) is 0 Å². The monoisotopic (exact) mass is 276 g/mol. The minimum absolute atomic E-state index is 0.0554. The van der Waals surface area contributed by atoms with Crippen molar-refractivity contribution in [3.8, 4) is 0 Å². The lowest BCUT2D eigenvalue weighted by Crippen LogP contribution is -2.44. The van der Waals surface area contributed by atoms with Crippen LogP contribution in [0, 0.1) is 17.8 Å². The first-order valence-corrected chi connectivity index (χ1v) is 7.49. The molecule has 1 aromatic carbocycles. The Bertz CT molecular complexity index is 393. The topological polar surface area (TPSA) is 55.1 Å². The molecule has 20 heavy (non-hydrogen) atoms. The minimum Gasteiger partial charge on any atom is -0.354 e. The molecule has 0 heterocycles. The summed E-state index contributed by atoms with van der Waals surface area (Å²) in [5.41, 5.74) is 7.07. The summed E-state index contributed by atoms with van der Waals surface area (Å²) >= 11 is 0. The number of nitrogens with two attached hydrogens (primary N) is 1. The molecule has 1 aromatic rings. The van der Waals surface area contributed by atoms with E-state index in [0.29, 0.717) is 30.7 Å². The molecule has 0 aliphatic rings. The van der Waals surface area contributed by atoms with Crippen LogP contribution in [0.4, 0.5) is 0 Å². The first-order chi connectivity index (χ1) is 9.41. The number of hydrogen-bond acceptors (Lipinski definition) is 2. The van der Waals surface area contributed by atoms with Gasteiger partial charge in [-0.3, -0.25) is 4.79 Å². The predicted molar refractivity (Wildman–Crippen MR) is 84.3 cm³/mol. The van der Waals surface area contributed by atoms with Gasteiger partial charge in [0, 0.05) is 6.54 Å². The van der Waals surface area contributed by atoms with Crippen molar-refractivity contribution in [3.63, 3.8) is 0 Å². The second kappa shape index (κ2) is 8.05. The van der Waals surface area contributed by atoms with Gasteiger partial charge in [-0.1, -0.05) is 58.0 Å². The van der Waals surface area contributed by atoms with Crippen LogP contribution in [0.15, 0.2) is 30.3 Å². The molecular weight excluding hydrogens is 248 g/mol. The molecule has 0 saturated heterocycles. The summed E-state index contributed by atoms with van der Waals surface area (Å²) in [6, 6.07) is 9.42. The van der Waals surface area contributed by atoms with Gasteiger partial charge >= 0.3 is 0 Å². The highest BCUT2D eigenvalue weighted by molar-refractivity contribution is 5.81. The van der Waals surface area contributed by atoms with E-state index in [1.807, 2.05) is 30.3 Å². The standard InChI is InChI=1S/C17H28N2O/c1-12(2)15(13(3)4)11-19-17(20)16(18)10-14-8-6-5-7-9-14/h5-9,12-13,15-16H,10-11,18H2,1-4H3,(H,19,20)/t16-/m0/s1. The third kappa shape index (κ3) is 5.33. The van der Waals surface area contributed by atoms with Crippen molar-refractivity contribution < 1.29 is 4.79 Å². The molecule has 0 aliphatic carbocycles. The Balaban J connectivity index is 2.46. The molecule has 0 bridgehead atoms. The van der Waals surface area contributed by atoms with Crippen LogP contribution in [0.25, 0.3) is 0 Å². The van der Waals surface area contributed by atoms with Crippen LogP contribution in [-0.4, -0.2) is 18.5 Å². The molecule has 0 unspecified atom stereocenters. The van der Waals surface area contributed by atoms with Crippen LogP contribution in [0.1, 0.15) is 33.3 Å². The number of carbonyl (C=O) groups excluding carboxylic acids is 1. The van der Waals surface area contributed by atoms with Gasteiger partial charge in [-0.15, -0.1) is 0 Å². The third-order valence-electron chi connectivity index (χ3n) is 3.86. The van der Waals surface area contributed by atoms with Crippen LogP contribution in [0.2, 0.25) is 0 Å². The van der Waals surface area contributed by atoms with E-state index in [1.54, 1.807) is 0 Å². The van der Waals surface area contributed by atoms with E-state index in [4.69, 9.17) is 5.73 Å². The maximum absolute atomic E-state index is 12.1. The average Bonchev–Trinajstić information content (AvgIpc) is 2.38. The molecule has 0 saturated carbocycles. The molecule has 0 aliphatic heterocycles. The Labute approximate surface area is 122 Å². The molecule has 0 radical (unpaired) electrons. The molecule has 3 heteroatoms. The van der Waals surface area contributed by atoms with Gasteiger partial charge in [0.1, 0.15) is 0 Å². The Hall–Kier alpha value is -1.35. The van der Waals surface area contributed by atoms with Crippen molar-refractivity contribution in [2.24, 2.45) is 23.5 Å². The van der Waals surface area contributed by atoms with Crippen LogP contribution < -0.4 is 11.1 Å². The highest BCUT2D eigenvalue weighted by atomic mass is 16.2. The fourth-order valence-electron chi connectivity index (χ4n) is 2.55. The minimum atomic E-state index is -0.475. The van der Waals surface area contributed by atoms with E-state index >= 15 is 0 Å². The van der Waals surface area contributed by atoms with Crippen LogP contribution in [0.5, 0.6) is 0 Å². The van der Waals surface area contributed by atoms with Crippen LogP contribution >= 0.6 is 0 Å². The Morgan fingerprint density at radius 3 is 2.15 bits per heavy atom. The molecule has 0 spiro atoms. The van der Waals surface area contributed by atoms with Crippen molar-refractivity contribution in [3.05, 3.63) is 35.9 Å². The van der Waals surface area contributed by atoms with E-state index in [0.717, 1.165) is 5.56 Å². The van der Waals surface area contributed by atoms with Gasteiger partial charge in [0.15, 0.2) is 0 Å².